The Kier molecular flexibility index (Phi) is 5.59. The number of sulfonamides is 1. The lowest BCUT2D eigenvalue weighted by Crippen LogP contribution is -2.57. The molecule has 0 aromatic heterocycles. The second-order valence-electron chi connectivity index (χ2n) is 6.63. The minimum atomic E-state index is -3.63. The van der Waals surface area contributed by atoms with Crippen LogP contribution in [0.25, 0.3) is 0 Å². The van der Waals surface area contributed by atoms with Gasteiger partial charge in [-0.05, 0) is 37.1 Å². The highest BCUT2D eigenvalue weighted by Crippen LogP contribution is 2.24. The highest BCUT2D eigenvalue weighted by molar-refractivity contribution is 7.89. The second-order valence-corrected chi connectivity index (χ2v) is 8.57. The van der Waals surface area contributed by atoms with E-state index in [0.717, 1.165) is 19.4 Å². The lowest BCUT2D eigenvalue weighted by molar-refractivity contribution is -0.135. The average molecular weight is 380 g/mol. The summed E-state index contributed by atoms with van der Waals surface area (Å²) in [4.78, 5) is 25.2. The van der Waals surface area contributed by atoms with Gasteiger partial charge < -0.3 is 15.5 Å². The van der Waals surface area contributed by atoms with Crippen LogP contribution in [0.15, 0.2) is 29.2 Å². The zero-order valence-electron chi connectivity index (χ0n) is 14.8. The number of rotatable bonds is 4. The first-order valence-corrected chi connectivity index (χ1v) is 10.2. The summed E-state index contributed by atoms with van der Waals surface area (Å²) < 4.78 is 27.4. The van der Waals surface area contributed by atoms with Crippen molar-refractivity contribution < 1.29 is 18.0 Å². The normalized spacial score (nSPS) is 22.3. The Bertz CT molecular complexity index is 778. The van der Waals surface area contributed by atoms with Gasteiger partial charge in [0.15, 0.2) is 0 Å². The van der Waals surface area contributed by atoms with Gasteiger partial charge in [0.1, 0.15) is 0 Å². The molecule has 0 saturated carbocycles. The molecule has 2 aliphatic heterocycles. The molecule has 142 valence electrons. The van der Waals surface area contributed by atoms with Crippen molar-refractivity contribution in [3.05, 3.63) is 24.3 Å². The van der Waals surface area contributed by atoms with E-state index >= 15 is 0 Å². The predicted molar refractivity (Wildman–Crippen MR) is 97.1 cm³/mol. The van der Waals surface area contributed by atoms with E-state index in [-0.39, 0.29) is 22.8 Å². The summed E-state index contributed by atoms with van der Waals surface area (Å²) in [5.74, 6) is -0.180. The highest BCUT2D eigenvalue weighted by Gasteiger charge is 2.35. The lowest BCUT2D eigenvalue weighted by atomic mass is 10.1. The van der Waals surface area contributed by atoms with Crippen molar-refractivity contribution in [2.45, 2.75) is 30.7 Å². The Morgan fingerprint density at radius 3 is 2.62 bits per heavy atom. The molecule has 2 saturated heterocycles. The van der Waals surface area contributed by atoms with Gasteiger partial charge >= 0.3 is 0 Å². The van der Waals surface area contributed by atoms with Crippen LogP contribution in [-0.2, 0) is 19.6 Å². The number of nitrogens with one attached hydrogen (secondary N) is 2. The van der Waals surface area contributed by atoms with Crippen molar-refractivity contribution in [3.63, 3.8) is 0 Å². The maximum Gasteiger partial charge on any atom is 0.243 e. The maximum atomic E-state index is 13.0. The number of anilines is 1. The first-order valence-electron chi connectivity index (χ1n) is 8.76. The van der Waals surface area contributed by atoms with Crippen LogP contribution in [0.3, 0.4) is 0 Å². The number of piperidine rings is 1. The van der Waals surface area contributed by atoms with Crippen LogP contribution in [0.1, 0.15) is 19.8 Å². The molecule has 9 heteroatoms. The summed E-state index contributed by atoms with van der Waals surface area (Å²) in [5, 5.41) is 5.66. The van der Waals surface area contributed by atoms with E-state index in [1.165, 1.54) is 23.4 Å². The van der Waals surface area contributed by atoms with Crippen LogP contribution in [0.5, 0.6) is 0 Å². The fraction of sp³-hybridized carbons (Fsp3) is 0.529. The third-order valence-corrected chi connectivity index (χ3v) is 6.62. The second kappa shape index (κ2) is 7.73. The summed E-state index contributed by atoms with van der Waals surface area (Å²) in [6, 6.07) is 6.08. The number of carbonyl (C=O) groups excluding carboxylic acids is 2. The van der Waals surface area contributed by atoms with Crippen LogP contribution in [-0.4, -0.2) is 68.2 Å². The van der Waals surface area contributed by atoms with Gasteiger partial charge in [-0.15, -0.1) is 0 Å². The summed E-state index contributed by atoms with van der Waals surface area (Å²) in [7, 11) is -3.63. The summed E-state index contributed by atoms with van der Waals surface area (Å²) in [6.45, 7) is 3.83. The van der Waals surface area contributed by atoms with Crippen molar-refractivity contribution in [1.29, 1.82) is 0 Å². The molecule has 1 unspecified atom stereocenters. The third-order valence-electron chi connectivity index (χ3n) is 4.74. The van der Waals surface area contributed by atoms with Gasteiger partial charge in [-0.2, -0.15) is 4.31 Å². The van der Waals surface area contributed by atoms with Gasteiger partial charge in [-0.3, -0.25) is 9.59 Å². The topological polar surface area (TPSA) is 98.8 Å². The SMILES string of the molecule is CC(=O)Nc1ccc(S(=O)(=O)N2CCCC(N3CCNCC3=O)C2)cc1. The van der Waals surface area contributed by atoms with Crippen molar-refractivity contribution >= 4 is 27.5 Å². The predicted octanol–water partition coefficient (Wildman–Crippen LogP) is 0.230. The van der Waals surface area contributed by atoms with Gasteiger partial charge in [0, 0.05) is 44.8 Å². The molecule has 1 atom stereocenters. The number of amides is 2. The monoisotopic (exact) mass is 380 g/mol. The molecule has 2 fully saturated rings. The molecule has 0 spiro atoms. The maximum absolute atomic E-state index is 13.0. The van der Waals surface area contributed by atoms with Crippen LogP contribution >= 0.6 is 0 Å². The minimum absolute atomic E-state index is 0.0279. The first-order chi connectivity index (χ1) is 12.4. The molecule has 8 nitrogen and oxygen atoms in total. The fourth-order valence-corrected chi connectivity index (χ4v) is 4.98. The molecule has 3 rings (SSSR count). The molecule has 2 amide bonds. The fourth-order valence-electron chi connectivity index (χ4n) is 3.46. The number of piperazine rings is 1. The smallest absolute Gasteiger partial charge is 0.243 e. The Morgan fingerprint density at radius 1 is 1.23 bits per heavy atom. The standard InChI is InChI=1S/C17H24N4O4S/c1-13(22)19-14-4-6-16(7-5-14)26(24,25)20-9-2-3-15(12-20)21-10-8-18-11-17(21)23/h4-7,15,18H,2-3,8-12H2,1H3,(H,19,22). The molecule has 1 aromatic rings. The molecular weight excluding hydrogens is 356 g/mol. The number of carbonyl (C=O) groups is 2. The quantitative estimate of drug-likeness (QED) is 0.779. The molecule has 26 heavy (non-hydrogen) atoms. The van der Waals surface area contributed by atoms with Crippen molar-refractivity contribution in [2.75, 3.05) is 38.0 Å². The van der Waals surface area contributed by atoms with Crippen molar-refractivity contribution in [1.82, 2.24) is 14.5 Å². The minimum Gasteiger partial charge on any atom is -0.336 e. The largest absolute Gasteiger partial charge is 0.336 e. The first kappa shape index (κ1) is 18.8. The number of benzene rings is 1. The number of nitrogens with zero attached hydrogens (tertiary/aromatic N) is 2. The zero-order valence-corrected chi connectivity index (χ0v) is 15.6. The van der Waals surface area contributed by atoms with Crippen LogP contribution in [0.2, 0.25) is 0 Å². The highest BCUT2D eigenvalue weighted by atomic mass is 32.2. The Labute approximate surface area is 153 Å². The number of hydrogen-bond acceptors (Lipinski definition) is 5. The van der Waals surface area contributed by atoms with Gasteiger partial charge in [0.05, 0.1) is 11.4 Å². The summed E-state index contributed by atoms with van der Waals surface area (Å²) in [6.07, 6.45) is 1.55. The summed E-state index contributed by atoms with van der Waals surface area (Å²) in [5.41, 5.74) is 0.555. The van der Waals surface area contributed by atoms with Crippen LogP contribution in [0.4, 0.5) is 5.69 Å². The van der Waals surface area contributed by atoms with E-state index in [2.05, 4.69) is 10.6 Å². The molecule has 2 N–H and O–H groups in total. The number of hydrogen-bond donors (Lipinski definition) is 2. The van der Waals surface area contributed by atoms with Crippen molar-refractivity contribution in [2.24, 2.45) is 0 Å². The molecule has 2 aliphatic rings. The summed E-state index contributed by atoms with van der Waals surface area (Å²) >= 11 is 0. The molecular formula is C17H24N4O4S. The van der Waals surface area contributed by atoms with Gasteiger partial charge in [0.2, 0.25) is 21.8 Å². The molecule has 0 radical (unpaired) electrons. The Balaban J connectivity index is 1.74. The molecule has 0 bridgehead atoms. The van der Waals surface area contributed by atoms with E-state index < -0.39 is 10.0 Å². The van der Waals surface area contributed by atoms with Crippen molar-refractivity contribution in [3.8, 4) is 0 Å². The van der Waals surface area contributed by atoms with Gasteiger partial charge in [-0.1, -0.05) is 0 Å². The van der Waals surface area contributed by atoms with E-state index in [9.17, 15) is 18.0 Å². The zero-order chi connectivity index (χ0) is 18.7. The van der Waals surface area contributed by atoms with E-state index in [0.29, 0.717) is 31.9 Å². The van der Waals surface area contributed by atoms with E-state index in [1.54, 1.807) is 17.0 Å². The van der Waals surface area contributed by atoms with Crippen LogP contribution in [0, 0.1) is 0 Å². The van der Waals surface area contributed by atoms with E-state index in [1.807, 2.05) is 0 Å². The van der Waals surface area contributed by atoms with Gasteiger partial charge in [0.25, 0.3) is 0 Å². The molecule has 1 aromatic carbocycles. The lowest BCUT2D eigenvalue weighted by Gasteiger charge is -2.40. The molecule has 2 heterocycles. The average Bonchev–Trinajstić information content (AvgIpc) is 2.62. The van der Waals surface area contributed by atoms with E-state index in [4.69, 9.17) is 0 Å². The third kappa shape index (κ3) is 4.05. The Hall–Kier alpha value is -1.97. The van der Waals surface area contributed by atoms with Gasteiger partial charge in [-0.25, -0.2) is 8.42 Å². The van der Waals surface area contributed by atoms with Crippen LogP contribution < -0.4 is 10.6 Å². The Morgan fingerprint density at radius 2 is 1.96 bits per heavy atom. The molecule has 0 aliphatic carbocycles.